The molecule has 2 aromatic heterocycles. The van der Waals surface area contributed by atoms with Crippen LogP contribution in [0, 0.1) is 0 Å². The van der Waals surface area contributed by atoms with Crippen LogP contribution in [0.2, 0.25) is 0 Å². The first-order valence-corrected chi connectivity index (χ1v) is 12.0. The van der Waals surface area contributed by atoms with Gasteiger partial charge in [-0.1, -0.05) is 12.1 Å². The van der Waals surface area contributed by atoms with E-state index in [1.165, 1.54) is 0 Å². The summed E-state index contributed by atoms with van der Waals surface area (Å²) < 4.78 is 18.4. The number of nitrogen functional groups attached to an aromatic ring is 1. The number of fused-ring (bicyclic) bond motifs is 3. The van der Waals surface area contributed by atoms with E-state index >= 15 is 0 Å². The summed E-state index contributed by atoms with van der Waals surface area (Å²) in [7, 11) is 1.58. The summed E-state index contributed by atoms with van der Waals surface area (Å²) >= 11 is 0. The number of benzene rings is 1. The molecule has 0 radical (unpaired) electrons. The van der Waals surface area contributed by atoms with Crippen molar-refractivity contribution in [3.63, 3.8) is 0 Å². The van der Waals surface area contributed by atoms with E-state index in [1.54, 1.807) is 7.11 Å². The van der Waals surface area contributed by atoms with Crippen LogP contribution in [0.1, 0.15) is 52.5 Å². The van der Waals surface area contributed by atoms with Crippen LogP contribution >= 0.6 is 0 Å². The fourth-order valence-electron chi connectivity index (χ4n) is 5.25. The smallest absolute Gasteiger partial charge is 0.410 e. The number of carbonyl (C=O) groups excluding carboxylic acids is 1. The molecule has 0 aliphatic carbocycles. The van der Waals surface area contributed by atoms with Gasteiger partial charge >= 0.3 is 6.09 Å². The molecule has 10 heteroatoms. The van der Waals surface area contributed by atoms with Gasteiger partial charge in [0.2, 0.25) is 0 Å². The molecule has 2 fully saturated rings. The van der Waals surface area contributed by atoms with Crippen LogP contribution in [0.3, 0.4) is 0 Å². The zero-order valence-electron chi connectivity index (χ0n) is 20.6. The molecule has 186 valence electrons. The molecule has 0 saturated carbocycles. The molecule has 5 rings (SSSR count). The predicted molar refractivity (Wildman–Crippen MR) is 131 cm³/mol. The second kappa shape index (κ2) is 8.99. The summed E-state index contributed by atoms with van der Waals surface area (Å²) in [6, 6.07) is 9.93. The Bertz CT molecular complexity index is 1220. The largest absolute Gasteiger partial charge is 0.467 e. The van der Waals surface area contributed by atoms with Gasteiger partial charge in [-0.15, -0.1) is 10.2 Å². The third kappa shape index (κ3) is 4.50. The number of methoxy groups -OCH3 is 1. The molecule has 4 heterocycles. The minimum absolute atomic E-state index is 0.100. The summed E-state index contributed by atoms with van der Waals surface area (Å²) in [5.41, 5.74) is 8.60. The maximum Gasteiger partial charge on any atom is 0.410 e. The van der Waals surface area contributed by atoms with E-state index in [2.05, 4.69) is 15.3 Å². The number of ether oxygens (including phenoxy) is 3. The van der Waals surface area contributed by atoms with Crippen LogP contribution < -0.4 is 10.5 Å². The number of piperidine rings is 1. The first kappa shape index (κ1) is 23.3. The SMILES string of the molecule is COCOc1ccccc1-c1cc2c(nn1)c(N)nn2C1CC2CCC(C1)N2C(=O)OC(C)(C)C. The average Bonchev–Trinajstić information content (AvgIpc) is 3.29. The van der Waals surface area contributed by atoms with Gasteiger partial charge in [-0.25, -0.2) is 4.79 Å². The van der Waals surface area contributed by atoms with Gasteiger partial charge in [0.25, 0.3) is 0 Å². The van der Waals surface area contributed by atoms with Crippen LogP contribution in [0.25, 0.3) is 22.3 Å². The summed E-state index contributed by atoms with van der Waals surface area (Å²) in [4.78, 5) is 14.8. The lowest BCUT2D eigenvalue weighted by Gasteiger charge is -2.39. The third-order valence-corrected chi connectivity index (χ3v) is 6.63. The van der Waals surface area contributed by atoms with Gasteiger partial charge in [0, 0.05) is 24.8 Å². The van der Waals surface area contributed by atoms with Gasteiger partial charge in [-0.05, 0) is 64.7 Å². The van der Waals surface area contributed by atoms with E-state index in [1.807, 2.05) is 60.7 Å². The van der Waals surface area contributed by atoms with E-state index < -0.39 is 5.60 Å². The quantitative estimate of drug-likeness (QED) is 0.541. The Morgan fingerprint density at radius 1 is 1.11 bits per heavy atom. The summed E-state index contributed by atoms with van der Waals surface area (Å²) in [5.74, 6) is 1.01. The molecule has 2 N–H and O–H groups in total. The Morgan fingerprint density at radius 3 is 2.51 bits per heavy atom. The average molecular weight is 481 g/mol. The van der Waals surface area contributed by atoms with Crippen molar-refractivity contribution >= 4 is 22.9 Å². The van der Waals surface area contributed by atoms with Gasteiger partial charge in [-0.3, -0.25) is 4.68 Å². The van der Waals surface area contributed by atoms with Crippen molar-refractivity contribution in [2.45, 2.75) is 70.2 Å². The lowest BCUT2D eigenvalue weighted by molar-refractivity contribution is 0.00257. The van der Waals surface area contributed by atoms with Gasteiger partial charge in [-0.2, -0.15) is 5.10 Å². The normalized spacial score (nSPS) is 21.9. The molecule has 2 atom stereocenters. The van der Waals surface area contributed by atoms with E-state index in [4.69, 9.17) is 19.9 Å². The Hall–Kier alpha value is -3.40. The number of amides is 1. The number of hydrogen-bond acceptors (Lipinski definition) is 8. The molecule has 0 spiro atoms. The van der Waals surface area contributed by atoms with Crippen molar-refractivity contribution in [1.82, 2.24) is 24.9 Å². The first-order valence-electron chi connectivity index (χ1n) is 12.0. The fourth-order valence-corrected chi connectivity index (χ4v) is 5.25. The van der Waals surface area contributed by atoms with Crippen molar-refractivity contribution in [3.05, 3.63) is 30.3 Å². The standard InChI is InChI=1S/C25H32N6O4/c1-25(2,3)35-24(32)30-15-9-10-16(30)12-17(11-15)31-20-13-19(27-28-22(20)23(26)29-31)18-7-5-6-8-21(18)34-14-33-4/h5-8,13,15-17H,9-12,14H2,1-4H3,(H2,26,29). The highest BCUT2D eigenvalue weighted by Gasteiger charge is 2.46. The first-order chi connectivity index (χ1) is 16.7. The van der Waals surface area contributed by atoms with Gasteiger partial charge in [0.1, 0.15) is 11.4 Å². The molecule has 1 amide bonds. The maximum atomic E-state index is 12.9. The highest BCUT2D eigenvalue weighted by atomic mass is 16.7. The number of carbonyl (C=O) groups is 1. The van der Waals surface area contributed by atoms with Crippen LogP contribution in [0.4, 0.5) is 10.6 Å². The van der Waals surface area contributed by atoms with E-state index in [-0.39, 0.29) is 31.0 Å². The Morgan fingerprint density at radius 2 is 1.83 bits per heavy atom. The van der Waals surface area contributed by atoms with Crippen LogP contribution in [0.5, 0.6) is 5.75 Å². The number of anilines is 1. The van der Waals surface area contributed by atoms with Crippen molar-refractivity contribution in [2.75, 3.05) is 19.6 Å². The van der Waals surface area contributed by atoms with Gasteiger partial charge in [0.05, 0.1) is 17.3 Å². The van der Waals surface area contributed by atoms with Crippen molar-refractivity contribution in [1.29, 1.82) is 0 Å². The van der Waals surface area contributed by atoms with Crippen molar-refractivity contribution in [2.24, 2.45) is 0 Å². The molecule has 2 bridgehead atoms. The molecular weight excluding hydrogens is 448 g/mol. The van der Waals surface area contributed by atoms with Crippen LogP contribution in [-0.4, -0.2) is 62.6 Å². The highest BCUT2D eigenvalue weighted by molar-refractivity contribution is 5.87. The molecular formula is C25H32N6O4. The minimum Gasteiger partial charge on any atom is -0.467 e. The Balaban J connectivity index is 1.45. The minimum atomic E-state index is -0.516. The number of rotatable bonds is 5. The second-order valence-corrected chi connectivity index (χ2v) is 10.2. The lowest BCUT2D eigenvalue weighted by atomic mass is 9.97. The van der Waals surface area contributed by atoms with Crippen molar-refractivity contribution in [3.8, 4) is 17.0 Å². The summed E-state index contributed by atoms with van der Waals surface area (Å²) in [6.07, 6.45) is 3.28. The number of nitrogens with two attached hydrogens (primary N) is 1. The third-order valence-electron chi connectivity index (χ3n) is 6.63. The number of nitrogens with zero attached hydrogens (tertiary/aromatic N) is 5. The summed E-state index contributed by atoms with van der Waals surface area (Å²) in [6.45, 7) is 5.83. The van der Waals surface area contributed by atoms with E-state index in [9.17, 15) is 4.79 Å². The topological polar surface area (TPSA) is 118 Å². The van der Waals surface area contributed by atoms with Gasteiger partial charge < -0.3 is 24.8 Å². The number of hydrogen-bond donors (Lipinski definition) is 1. The van der Waals surface area contributed by atoms with Crippen molar-refractivity contribution < 1.29 is 19.0 Å². The highest BCUT2D eigenvalue weighted by Crippen LogP contribution is 2.43. The fraction of sp³-hybridized carbons (Fsp3) is 0.520. The summed E-state index contributed by atoms with van der Waals surface area (Å²) in [5, 5.41) is 13.5. The Kier molecular flexibility index (Phi) is 6.00. The molecule has 1 aromatic carbocycles. The van der Waals surface area contributed by atoms with E-state index in [0.717, 1.165) is 36.8 Å². The number of para-hydroxylation sites is 1. The molecule has 2 saturated heterocycles. The van der Waals surface area contributed by atoms with E-state index in [0.29, 0.717) is 22.8 Å². The zero-order valence-corrected chi connectivity index (χ0v) is 20.6. The van der Waals surface area contributed by atoms with Crippen LogP contribution in [0.15, 0.2) is 30.3 Å². The molecule has 2 unspecified atom stereocenters. The number of aromatic nitrogens is 4. The molecule has 35 heavy (non-hydrogen) atoms. The zero-order chi connectivity index (χ0) is 24.7. The predicted octanol–water partition coefficient (Wildman–Crippen LogP) is 4.16. The Labute approximate surface area is 204 Å². The molecule has 3 aromatic rings. The molecule has 2 aliphatic heterocycles. The second-order valence-electron chi connectivity index (χ2n) is 10.2. The van der Waals surface area contributed by atoms with Gasteiger partial charge in [0.15, 0.2) is 18.1 Å². The molecule has 2 aliphatic rings. The molecule has 10 nitrogen and oxygen atoms in total. The van der Waals surface area contributed by atoms with Crippen LogP contribution in [-0.2, 0) is 9.47 Å². The maximum absolute atomic E-state index is 12.9. The lowest BCUT2D eigenvalue weighted by Crippen LogP contribution is -2.48. The monoisotopic (exact) mass is 480 g/mol.